The minimum absolute atomic E-state index is 0. The number of benzene rings is 1. The third kappa shape index (κ3) is 2.98. The quantitative estimate of drug-likeness (QED) is 0.649. The van der Waals surface area contributed by atoms with Crippen molar-refractivity contribution in [2.24, 2.45) is 5.73 Å². The largest absolute Gasteiger partial charge is 0.384 e. The van der Waals surface area contributed by atoms with Gasteiger partial charge in [0.05, 0.1) is 11.1 Å². The minimum atomic E-state index is -0.944. The van der Waals surface area contributed by atoms with E-state index in [0.29, 0.717) is 18.8 Å². The molecule has 9 heteroatoms. The number of hydrogen-bond acceptors (Lipinski definition) is 6. The van der Waals surface area contributed by atoms with Crippen LogP contribution in [0.15, 0.2) is 18.2 Å². The molecule has 8 nitrogen and oxygen atoms in total. The van der Waals surface area contributed by atoms with Crippen LogP contribution in [0.2, 0.25) is 0 Å². The van der Waals surface area contributed by atoms with Gasteiger partial charge in [-0.25, -0.2) is 0 Å². The predicted molar refractivity (Wildman–Crippen MR) is 87.9 cm³/mol. The van der Waals surface area contributed by atoms with Crippen LogP contribution in [0, 0.1) is 0 Å². The van der Waals surface area contributed by atoms with E-state index in [1.807, 2.05) is 0 Å². The number of amides is 4. The van der Waals surface area contributed by atoms with Gasteiger partial charge >= 0.3 is 0 Å². The first kappa shape index (κ1) is 17.9. The van der Waals surface area contributed by atoms with Crippen LogP contribution in [0.3, 0.4) is 0 Å². The van der Waals surface area contributed by atoms with Crippen molar-refractivity contribution in [3.63, 3.8) is 0 Å². The van der Waals surface area contributed by atoms with Crippen LogP contribution >= 0.6 is 12.4 Å². The number of hydrogen-bond donors (Lipinski definition) is 3. The molecule has 128 valence electrons. The summed E-state index contributed by atoms with van der Waals surface area (Å²) in [5, 5.41) is 5.20. The molecule has 0 aliphatic carbocycles. The van der Waals surface area contributed by atoms with Crippen molar-refractivity contribution in [3.05, 3.63) is 29.3 Å². The molecule has 0 bridgehead atoms. The van der Waals surface area contributed by atoms with Crippen LogP contribution in [0.1, 0.15) is 33.6 Å². The fourth-order valence-electron chi connectivity index (χ4n) is 2.80. The molecule has 1 unspecified atom stereocenters. The monoisotopic (exact) mass is 352 g/mol. The summed E-state index contributed by atoms with van der Waals surface area (Å²) in [6.07, 6.45) is 0.252. The number of imide groups is 2. The van der Waals surface area contributed by atoms with Crippen molar-refractivity contribution in [1.29, 1.82) is 0 Å². The molecule has 2 heterocycles. The number of carbonyl (C=O) groups is 4. The van der Waals surface area contributed by atoms with Gasteiger partial charge in [-0.3, -0.25) is 29.4 Å². The van der Waals surface area contributed by atoms with Crippen LogP contribution in [0.25, 0.3) is 0 Å². The van der Waals surface area contributed by atoms with Gasteiger partial charge in [-0.05, 0) is 24.6 Å². The second-order valence-corrected chi connectivity index (χ2v) is 5.42. The zero-order chi connectivity index (χ0) is 16.6. The highest BCUT2D eigenvalue weighted by molar-refractivity contribution is 6.23. The Bertz CT molecular complexity index is 721. The molecule has 0 spiro atoms. The van der Waals surface area contributed by atoms with Crippen molar-refractivity contribution in [1.82, 2.24) is 10.2 Å². The van der Waals surface area contributed by atoms with Gasteiger partial charge in [0.2, 0.25) is 11.8 Å². The highest BCUT2D eigenvalue weighted by atomic mass is 35.5. The van der Waals surface area contributed by atoms with Crippen LogP contribution in [0.4, 0.5) is 5.69 Å². The summed E-state index contributed by atoms with van der Waals surface area (Å²) in [6, 6.07) is 3.88. The Kier molecular flexibility index (Phi) is 5.20. The molecule has 1 aromatic rings. The summed E-state index contributed by atoms with van der Waals surface area (Å²) in [6.45, 7) is 0.976. The van der Waals surface area contributed by atoms with E-state index < -0.39 is 29.7 Å². The predicted octanol–water partition coefficient (Wildman–Crippen LogP) is -0.120. The number of carbonyl (C=O) groups excluding carboxylic acids is 4. The van der Waals surface area contributed by atoms with Gasteiger partial charge in [0.1, 0.15) is 6.04 Å². The van der Waals surface area contributed by atoms with E-state index in [1.165, 1.54) is 0 Å². The Morgan fingerprint density at radius 3 is 2.54 bits per heavy atom. The SMILES string of the molecule is Cl.NCCNc1ccc2c(c1)C(=O)N(C1CCC(=O)NC1=O)C2=O. The van der Waals surface area contributed by atoms with Gasteiger partial charge in [0.25, 0.3) is 11.8 Å². The molecule has 2 aliphatic rings. The molecular formula is C15H17ClN4O4. The van der Waals surface area contributed by atoms with Gasteiger partial charge in [-0.15, -0.1) is 12.4 Å². The number of fused-ring (bicyclic) bond motifs is 1. The van der Waals surface area contributed by atoms with Crippen molar-refractivity contribution in [2.45, 2.75) is 18.9 Å². The zero-order valence-corrected chi connectivity index (χ0v) is 13.5. The first-order valence-corrected chi connectivity index (χ1v) is 7.32. The summed E-state index contributed by atoms with van der Waals surface area (Å²) in [5.74, 6) is -2.03. The zero-order valence-electron chi connectivity index (χ0n) is 12.7. The van der Waals surface area contributed by atoms with Gasteiger partial charge in [0.15, 0.2) is 0 Å². The third-order valence-electron chi connectivity index (χ3n) is 3.91. The van der Waals surface area contributed by atoms with Gasteiger partial charge in [0, 0.05) is 25.2 Å². The highest BCUT2D eigenvalue weighted by Gasteiger charge is 2.44. The van der Waals surface area contributed by atoms with E-state index in [0.717, 1.165) is 4.90 Å². The van der Waals surface area contributed by atoms with Gasteiger partial charge in [-0.1, -0.05) is 0 Å². The normalized spacial score (nSPS) is 19.7. The number of rotatable bonds is 4. The number of nitrogens with one attached hydrogen (secondary N) is 2. The summed E-state index contributed by atoms with van der Waals surface area (Å²) in [4.78, 5) is 49.1. The standard InChI is InChI=1S/C15H16N4O4.ClH/c16-5-6-17-8-1-2-9-10(7-8)15(23)19(14(9)22)11-3-4-12(20)18-13(11)21;/h1-2,7,11,17H,3-6,16H2,(H,18,20,21);1H. The lowest BCUT2D eigenvalue weighted by atomic mass is 10.0. The molecule has 4 N–H and O–H groups in total. The number of nitrogens with zero attached hydrogens (tertiary/aromatic N) is 1. The number of nitrogens with two attached hydrogens (primary N) is 1. The first-order chi connectivity index (χ1) is 11.0. The lowest BCUT2D eigenvalue weighted by molar-refractivity contribution is -0.136. The smallest absolute Gasteiger partial charge is 0.262 e. The lowest BCUT2D eigenvalue weighted by Gasteiger charge is -2.27. The van der Waals surface area contributed by atoms with E-state index >= 15 is 0 Å². The lowest BCUT2D eigenvalue weighted by Crippen LogP contribution is -2.54. The van der Waals surface area contributed by atoms with E-state index in [2.05, 4.69) is 10.6 Å². The van der Waals surface area contributed by atoms with Crippen molar-refractivity contribution in [2.75, 3.05) is 18.4 Å². The topological polar surface area (TPSA) is 122 Å². The molecule has 1 saturated heterocycles. The Morgan fingerprint density at radius 2 is 1.88 bits per heavy atom. The average Bonchev–Trinajstić information content (AvgIpc) is 2.77. The Labute approximate surface area is 144 Å². The molecule has 1 fully saturated rings. The minimum Gasteiger partial charge on any atom is -0.384 e. The van der Waals surface area contributed by atoms with Crippen LogP contribution < -0.4 is 16.4 Å². The molecule has 3 rings (SSSR count). The number of anilines is 1. The molecule has 1 aromatic carbocycles. The Hall–Kier alpha value is -2.45. The van der Waals surface area contributed by atoms with E-state index in [9.17, 15) is 19.2 Å². The fraction of sp³-hybridized carbons (Fsp3) is 0.333. The number of halogens is 1. The highest BCUT2D eigenvalue weighted by Crippen LogP contribution is 2.29. The van der Waals surface area contributed by atoms with Crippen LogP contribution in [-0.2, 0) is 9.59 Å². The van der Waals surface area contributed by atoms with Gasteiger partial charge in [-0.2, -0.15) is 0 Å². The third-order valence-corrected chi connectivity index (χ3v) is 3.91. The molecule has 0 radical (unpaired) electrons. The molecular weight excluding hydrogens is 336 g/mol. The second-order valence-electron chi connectivity index (χ2n) is 5.42. The average molecular weight is 353 g/mol. The first-order valence-electron chi connectivity index (χ1n) is 7.32. The Morgan fingerprint density at radius 1 is 1.17 bits per heavy atom. The van der Waals surface area contributed by atoms with E-state index in [1.54, 1.807) is 18.2 Å². The maximum Gasteiger partial charge on any atom is 0.262 e. The van der Waals surface area contributed by atoms with Crippen molar-refractivity contribution >= 4 is 41.7 Å². The molecule has 0 aromatic heterocycles. The van der Waals surface area contributed by atoms with Gasteiger partial charge < -0.3 is 11.1 Å². The molecule has 0 saturated carbocycles. The number of piperidine rings is 1. The molecule has 1 atom stereocenters. The molecule has 4 amide bonds. The molecule has 2 aliphatic heterocycles. The van der Waals surface area contributed by atoms with E-state index in [-0.39, 0.29) is 36.4 Å². The summed E-state index contributed by atoms with van der Waals surface area (Å²) in [5.41, 5.74) is 6.62. The Balaban J connectivity index is 0.00000208. The fourth-order valence-corrected chi connectivity index (χ4v) is 2.80. The van der Waals surface area contributed by atoms with Crippen molar-refractivity contribution < 1.29 is 19.2 Å². The summed E-state index contributed by atoms with van der Waals surface area (Å²) in [7, 11) is 0. The van der Waals surface area contributed by atoms with E-state index in [4.69, 9.17) is 5.73 Å². The van der Waals surface area contributed by atoms with Crippen LogP contribution in [0.5, 0.6) is 0 Å². The second kappa shape index (κ2) is 6.98. The molecule has 24 heavy (non-hydrogen) atoms. The summed E-state index contributed by atoms with van der Waals surface area (Å²) < 4.78 is 0. The summed E-state index contributed by atoms with van der Waals surface area (Å²) >= 11 is 0. The maximum absolute atomic E-state index is 12.5. The maximum atomic E-state index is 12.5. The van der Waals surface area contributed by atoms with Crippen LogP contribution in [-0.4, -0.2) is 47.7 Å². The van der Waals surface area contributed by atoms with Crippen molar-refractivity contribution in [3.8, 4) is 0 Å².